The van der Waals surface area contributed by atoms with Gasteiger partial charge in [0.25, 0.3) is 6.43 Å². The molecule has 0 saturated heterocycles. The molecule has 0 unspecified atom stereocenters. The van der Waals surface area contributed by atoms with Gasteiger partial charge in [-0.25, -0.2) is 18.7 Å². The van der Waals surface area contributed by atoms with Gasteiger partial charge in [0.05, 0.1) is 6.61 Å². The lowest BCUT2D eigenvalue weighted by atomic mass is 10.1. The Morgan fingerprint density at radius 1 is 1.16 bits per heavy atom. The molecule has 1 aromatic rings. The molecule has 19 heavy (non-hydrogen) atoms. The first kappa shape index (κ1) is 15.9. The maximum atomic E-state index is 11.9. The molecule has 108 valence electrons. The number of aromatic nitrogens is 2. The number of ether oxygens (including phenoxy) is 1. The van der Waals surface area contributed by atoms with Gasteiger partial charge >= 0.3 is 0 Å². The van der Waals surface area contributed by atoms with Gasteiger partial charge in [0.2, 0.25) is 0 Å². The summed E-state index contributed by atoms with van der Waals surface area (Å²) in [7, 11) is 1.90. The molecule has 0 fully saturated rings. The van der Waals surface area contributed by atoms with E-state index in [1.54, 1.807) is 0 Å². The molecule has 1 heterocycles. The van der Waals surface area contributed by atoms with Gasteiger partial charge < -0.3 is 10.1 Å². The van der Waals surface area contributed by atoms with Crippen LogP contribution >= 0.6 is 0 Å². The number of likely N-dealkylation sites (N-methyl/N-ethyl adjacent to an activating group) is 1. The van der Waals surface area contributed by atoms with Gasteiger partial charge in [-0.3, -0.25) is 0 Å². The van der Waals surface area contributed by atoms with Crippen LogP contribution in [0, 0.1) is 13.8 Å². The minimum absolute atomic E-state index is 0.221. The number of nitrogens with zero attached hydrogens (tertiary/aromatic N) is 2. The van der Waals surface area contributed by atoms with E-state index in [1.165, 1.54) is 0 Å². The average molecular weight is 273 g/mol. The van der Waals surface area contributed by atoms with Crippen LogP contribution in [-0.2, 0) is 17.6 Å². The molecule has 1 rings (SSSR count). The topological polar surface area (TPSA) is 47.0 Å². The van der Waals surface area contributed by atoms with E-state index in [4.69, 9.17) is 4.74 Å². The van der Waals surface area contributed by atoms with E-state index in [-0.39, 0.29) is 6.61 Å². The predicted octanol–water partition coefficient (Wildman–Crippen LogP) is 1.68. The molecule has 1 aromatic heterocycles. The van der Waals surface area contributed by atoms with Gasteiger partial charge in [-0.1, -0.05) is 0 Å². The normalized spacial score (nSPS) is 11.3. The van der Waals surface area contributed by atoms with E-state index in [2.05, 4.69) is 15.3 Å². The van der Waals surface area contributed by atoms with Crippen molar-refractivity contribution in [3.8, 4) is 0 Å². The van der Waals surface area contributed by atoms with E-state index in [9.17, 15) is 8.78 Å². The summed E-state index contributed by atoms with van der Waals surface area (Å²) in [6, 6.07) is 0. The molecule has 0 amide bonds. The highest BCUT2D eigenvalue weighted by molar-refractivity contribution is 5.24. The van der Waals surface area contributed by atoms with E-state index >= 15 is 0 Å². The summed E-state index contributed by atoms with van der Waals surface area (Å²) in [5, 5.41) is 3.09. The van der Waals surface area contributed by atoms with Gasteiger partial charge in [0.15, 0.2) is 0 Å². The molecule has 0 radical (unpaired) electrons. The van der Waals surface area contributed by atoms with Crippen LogP contribution in [-0.4, -0.2) is 43.2 Å². The quantitative estimate of drug-likeness (QED) is 0.732. The maximum Gasteiger partial charge on any atom is 0.261 e. The number of alkyl halides is 2. The summed E-state index contributed by atoms with van der Waals surface area (Å²) in [4.78, 5) is 8.79. The predicted molar refractivity (Wildman–Crippen MR) is 69.7 cm³/mol. The Hall–Kier alpha value is -1.14. The number of hydrogen-bond acceptors (Lipinski definition) is 4. The fourth-order valence-electron chi connectivity index (χ4n) is 1.87. The molecule has 0 spiro atoms. The zero-order valence-corrected chi connectivity index (χ0v) is 11.7. The van der Waals surface area contributed by atoms with Gasteiger partial charge in [0.1, 0.15) is 12.4 Å². The molecule has 0 aliphatic carbocycles. The zero-order chi connectivity index (χ0) is 14.3. The second-order valence-corrected chi connectivity index (χ2v) is 4.36. The molecule has 6 heteroatoms. The Balaban J connectivity index is 2.56. The number of aryl methyl sites for hydroxylation is 2. The Morgan fingerprint density at radius 2 is 1.79 bits per heavy atom. The molecule has 1 N–H and O–H groups in total. The van der Waals surface area contributed by atoms with E-state index < -0.39 is 13.0 Å². The highest BCUT2D eigenvalue weighted by Gasteiger charge is 2.08. The van der Waals surface area contributed by atoms with Crippen molar-refractivity contribution < 1.29 is 13.5 Å². The molecule has 4 nitrogen and oxygen atoms in total. The second kappa shape index (κ2) is 8.12. The highest BCUT2D eigenvalue weighted by atomic mass is 19.3. The van der Waals surface area contributed by atoms with Crippen LogP contribution in [0.4, 0.5) is 8.78 Å². The zero-order valence-electron chi connectivity index (χ0n) is 11.7. The van der Waals surface area contributed by atoms with Crippen molar-refractivity contribution in [1.29, 1.82) is 0 Å². The number of nitrogens with one attached hydrogen (secondary N) is 1. The van der Waals surface area contributed by atoms with Gasteiger partial charge in [0, 0.05) is 17.8 Å². The monoisotopic (exact) mass is 273 g/mol. The Kier molecular flexibility index (Phi) is 6.80. The van der Waals surface area contributed by atoms with Crippen molar-refractivity contribution in [1.82, 2.24) is 15.3 Å². The Morgan fingerprint density at radius 3 is 2.32 bits per heavy atom. The SMILES string of the molecule is CNCCc1c(C)nc(CCOCC(F)F)nc1C. The largest absolute Gasteiger partial charge is 0.375 e. The summed E-state index contributed by atoms with van der Waals surface area (Å²) in [5.41, 5.74) is 3.05. The molecular formula is C13H21F2N3O. The van der Waals surface area contributed by atoms with Crippen LogP contribution in [0.5, 0.6) is 0 Å². The molecule has 0 bridgehead atoms. The summed E-state index contributed by atoms with van der Waals surface area (Å²) >= 11 is 0. The van der Waals surface area contributed by atoms with Crippen LogP contribution in [0.1, 0.15) is 22.8 Å². The summed E-state index contributed by atoms with van der Waals surface area (Å²) < 4.78 is 28.6. The number of hydrogen-bond donors (Lipinski definition) is 1. The van der Waals surface area contributed by atoms with E-state index in [0.717, 1.165) is 29.9 Å². The highest BCUT2D eigenvalue weighted by Crippen LogP contribution is 2.11. The maximum absolute atomic E-state index is 11.9. The minimum atomic E-state index is -2.42. The molecular weight excluding hydrogens is 252 g/mol. The first-order valence-electron chi connectivity index (χ1n) is 6.38. The van der Waals surface area contributed by atoms with Crippen molar-refractivity contribution in [3.05, 3.63) is 22.8 Å². The smallest absolute Gasteiger partial charge is 0.261 e. The molecule has 0 aliphatic rings. The lowest BCUT2D eigenvalue weighted by Gasteiger charge is -2.11. The first-order valence-corrected chi connectivity index (χ1v) is 6.38. The van der Waals surface area contributed by atoms with Crippen LogP contribution in [0.3, 0.4) is 0 Å². The van der Waals surface area contributed by atoms with Gasteiger partial charge in [-0.2, -0.15) is 0 Å². The van der Waals surface area contributed by atoms with Crippen LogP contribution < -0.4 is 5.32 Å². The third-order valence-corrected chi connectivity index (χ3v) is 2.81. The second-order valence-electron chi connectivity index (χ2n) is 4.36. The average Bonchev–Trinajstić information content (AvgIpc) is 2.33. The van der Waals surface area contributed by atoms with E-state index in [1.807, 2.05) is 20.9 Å². The van der Waals surface area contributed by atoms with Crippen molar-refractivity contribution >= 4 is 0 Å². The lowest BCUT2D eigenvalue weighted by Crippen LogP contribution is -2.15. The summed E-state index contributed by atoms with van der Waals surface area (Å²) in [5.74, 6) is 0.650. The fraction of sp³-hybridized carbons (Fsp3) is 0.692. The summed E-state index contributed by atoms with van der Waals surface area (Å²) in [6.07, 6.45) is -1.08. The molecule has 0 atom stereocenters. The Labute approximate surface area is 112 Å². The van der Waals surface area contributed by atoms with Crippen molar-refractivity contribution in [2.75, 3.05) is 26.8 Å². The standard InChI is InChI=1S/C13H21F2N3O/c1-9-11(4-6-16-3)10(2)18-13(17-9)5-7-19-8-12(14)15/h12,16H,4-8H2,1-3H3. The van der Waals surface area contributed by atoms with E-state index in [0.29, 0.717) is 12.2 Å². The number of halogens is 2. The fourth-order valence-corrected chi connectivity index (χ4v) is 1.87. The molecule has 0 saturated carbocycles. The lowest BCUT2D eigenvalue weighted by molar-refractivity contribution is 0.0182. The van der Waals surface area contributed by atoms with Crippen molar-refractivity contribution in [2.24, 2.45) is 0 Å². The first-order chi connectivity index (χ1) is 9.04. The number of rotatable bonds is 8. The van der Waals surface area contributed by atoms with Crippen LogP contribution in [0.2, 0.25) is 0 Å². The van der Waals surface area contributed by atoms with Gasteiger partial charge in [-0.05, 0) is 39.4 Å². The molecule has 0 aromatic carbocycles. The van der Waals surface area contributed by atoms with Crippen LogP contribution in [0.15, 0.2) is 0 Å². The Bertz CT molecular complexity index is 376. The summed E-state index contributed by atoms with van der Waals surface area (Å²) in [6.45, 7) is 4.46. The van der Waals surface area contributed by atoms with Gasteiger partial charge in [-0.15, -0.1) is 0 Å². The molecule has 0 aliphatic heterocycles. The minimum Gasteiger partial charge on any atom is -0.375 e. The van der Waals surface area contributed by atoms with Crippen molar-refractivity contribution in [2.45, 2.75) is 33.1 Å². The third-order valence-electron chi connectivity index (χ3n) is 2.81. The van der Waals surface area contributed by atoms with Crippen LogP contribution in [0.25, 0.3) is 0 Å². The third kappa shape index (κ3) is 5.57. The van der Waals surface area contributed by atoms with Crippen molar-refractivity contribution in [3.63, 3.8) is 0 Å².